The van der Waals surface area contributed by atoms with Gasteiger partial charge in [-0.05, 0) is 13.0 Å². The van der Waals surface area contributed by atoms with Gasteiger partial charge in [-0.15, -0.1) is 0 Å². The molecule has 5 nitrogen and oxygen atoms in total. The highest BCUT2D eigenvalue weighted by Crippen LogP contribution is 2.37. The minimum Gasteiger partial charge on any atom is -0.352 e. The molecule has 3 rings (SSSR count). The fourth-order valence-corrected chi connectivity index (χ4v) is 2.19. The minimum atomic E-state index is -4.46. The molecule has 0 aliphatic rings. The van der Waals surface area contributed by atoms with E-state index in [1.807, 2.05) is 0 Å². The maximum atomic E-state index is 13.0. The predicted octanol–water partition coefficient (Wildman–Crippen LogP) is 3.46. The van der Waals surface area contributed by atoms with Gasteiger partial charge < -0.3 is 4.52 Å². The second-order valence-electron chi connectivity index (χ2n) is 4.73. The first-order chi connectivity index (χ1) is 10.4. The van der Waals surface area contributed by atoms with Crippen LogP contribution >= 0.6 is 0 Å². The average Bonchev–Trinajstić information content (AvgIpc) is 3.04. The van der Waals surface area contributed by atoms with E-state index in [1.165, 1.54) is 28.9 Å². The third-order valence-corrected chi connectivity index (χ3v) is 3.11. The highest BCUT2D eigenvalue weighted by atomic mass is 19.4. The molecule has 8 heteroatoms. The molecular formula is C14H11F3N4O. The van der Waals surface area contributed by atoms with Crippen molar-refractivity contribution in [2.75, 3.05) is 0 Å². The molecule has 0 N–H and O–H groups in total. The molecule has 0 saturated carbocycles. The Morgan fingerprint density at radius 1 is 1.18 bits per heavy atom. The number of halogens is 3. The van der Waals surface area contributed by atoms with Crippen molar-refractivity contribution in [1.29, 1.82) is 0 Å². The molecule has 0 bridgehead atoms. The highest BCUT2D eigenvalue weighted by molar-refractivity contribution is 5.67. The van der Waals surface area contributed by atoms with Crippen LogP contribution in [-0.4, -0.2) is 19.9 Å². The monoisotopic (exact) mass is 308 g/mol. The molecule has 1 aromatic carbocycles. The molecule has 0 unspecified atom stereocenters. The topological polar surface area (TPSA) is 56.7 Å². The summed E-state index contributed by atoms with van der Waals surface area (Å²) in [5.74, 6) is 1.20. The number of alkyl halides is 3. The second kappa shape index (κ2) is 4.97. The zero-order valence-electron chi connectivity index (χ0n) is 11.7. The lowest BCUT2D eigenvalue weighted by Crippen LogP contribution is -2.06. The fraction of sp³-hybridized carbons (Fsp3) is 0.214. The molecule has 2 aromatic heterocycles. The van der Waals surface area contributed by atoms with Gasteiger partial charge in [0.2, 0.25) is 5.76 Å². The van der Waals surface area contributed by atoms with Crippen molar-refractivity contribution in [3.8, 4) is 22.8 Å². The summed E-state index contributed by atoms with van der Waals surface area (Å²) in [5, 5.41) is 7.80. The van der Waals surface area contributed by atoms with Crippen molar-refractivity contribution in [2.24, 2.45) is 7.05 Å². The third kappa shape index (κ3) is 2.47. The molecule has 0 saturated heterocycles. The van der Waals surface area contributed by atoms with E-state index in [0.29, 0.717) is 11.6 Å². The summed E-state index contributed by atoms with van der Waals surface area (Å²) in [7, 11) is 1.67. The van der Waals surface area contributed by atoms with Gasteiger partial charge in [-0.3, -0.25) is 0 Å². The first-order valence-corrected chi connectivity index (χ1v) is 6.37. The Morgan fingerprint density at radius 3 is 2.55 bits per heavy atom. The molecule has 3 aromatic rings. The van der Waals surface area contributed by atoms with Gasteiger partial charge in [-0.25, -0.2) is 9.67 Å². The van der Waals surface area contributed by atoms with E-state index in [4.69, 9.17) is 4.52 Å². The van der Waals surface area contributed by atoms with E-state index >= 15 is 0 Å². The number of aromatic nitrogens is 4. The van der Waals surface area contributed by atoms with Crippen molar-refractivity contribution in [3.63, 3.8) is 0 Å². The number of benzene rings is 1. The number of rotatable bonds is 2. The normalized spacial score (nSPS) is 11.9. The molecule has 2 heterocycles. The van der Waals surface area contributed by atoms with Crippen molar-refractivity contribution in [2.45, 2.75) is 13.1 Å². The maximum absolute atomic E-state index is 13.0. The van der Waals surface area contributed by atoms with Crippen molar-refractivity contribution in [3.05, 3.63) is 41.7 Å². The summed E-state index contributed by atoms with van der Waals surface area (Å²) >= 11 is 0. The zero-order valence-corrected chi connectivity index (χ0v) is 11.7. The molecule has 0 atom stereocenters. The highest BCUT2D eigenvalue weighted by Gasteiger charge is 2.34. The lowest BCUT2D eigenvalue weighted by Gasteiger charge is -2.10. The Kier molecular flexibility index (Phi) is 3.23. The van der Waals surface area contributed by atoms with Crippen LogP contribution in [0.15, 0.2) is 34.9 Å². The summed E-state index contributed by atoms with van der Waals surface area (Å²) in [6, 6.07) is 6.64. The van der Waals surface area contributed by atoms with E-state index < -0.39 is 11.7 Å². The largest absolute Gasteiger partial charge is 0.417 e. The maximum Gasteiger partial charge on any atom is 0.417 e. The Bertz CT molecular complexity index is 820. The lowest BCUT2D eigenvalue weighted by molar-refractivity contribution is -0.137. The van der Waals surface area contributed by atoms with Crippen LogP contribution in [0.5, 0.6) is 0 Å². The second-order valence-corrected chi connectivity index (χ2v) is 4.73. The van der Waals surface area contributed by atoms with Crippen LogP contribution in [0.2, 0.25) is 0 Å². The van der Waals surface area contributed by atoms with Crippen LogP contribution < -0.4 is 0 Å². The molecule has 0 radical (unpaired) electrons. The molecule has 114 valence electrons. The van der Waals surface area contributed by atoms with E-state index in [9.17, 15) is 13.2 Å². The van der Waals surface area contributed by atoms with Gasteiger partial charge in [-0.2, -0.15) is 18.3 Å². The van der Waals surface area contributed by atoms with Crippen LogP contribution in [0.4, 0.5) is 13.2 Å². The van der Waals surface area contributed by atoms with Gasteiger partial charge in [0.15, 0.2) is 5.82 Å². The van der Waals surface area contributed by atoms with Gasteiger partial charge in [0.05, 0.1) is 5.56 Å². The molecule has 0 fully saturated rings. The third-order valence-electron chi connectivity index (χ3n) is 3.11. The molecule has 22 heavy (non-hydrogen) atoms. The Balaban J connectivity index is 2.07. The standard InChI is InChI=1S/C14H11F3N4O/c1-8-18-13(21(2)19-8)12-7-11(20-22-12)9-5-3-4-6-10(9)14(15,16)17/h3-7H,1-2H3. The van der Waals surface area contributed by atoms with Crippen molar-refractivity contribution in [1.82, 2.24) is 19.9 Å². The lowest BCUT2D eigenvalue weighted by atomic mass is 10.0. The minimum absolute atomic E-state index is 0.0381. The van der Waals surface area contributed by atoms with Gasteiger partial charge in [-0.1, -0.05) is 23.4 Å². The Hall–Kier alpha value is -2.64. The van der Waals surface area contributed by atoms with E-state index in [0.717, 1.165) is 6.07 Å². The van der Waals surface area contributed by atoms with Crippen molar-refractivity contribution >= 4 is 0 Å². The predicted molar refractivity (Wildman–Crippen MR) is 71.7 cm³/mol. The van der Waals surface area contributed by atoms with Gasteiger partial charge in [0, 0.05) is 18.7 Å². The first-order valence-electron chi connectivity index (χ1n) is 6.37. The SMILES string of the molecule is Cc1nc(-c2cc(-c3ccccc3C(F)(F)F)no2)n(C)n1. The summed E-state index contributed by atoms with van der Waals surface area (Å²) in [6.45, 7) is 1.71. The van der Waals surface area contributed by atoms with E-state index in [-0.39, 0.29) is 17.0 Å². The number of hydrogen-bond donors (Lipinski definition) is 0. The van der Waals surface area contributed by atoms with Crippen molar-refractivity contribution < 1.29 is 17.7 Å². The van der Waals surface area contributed by atoms with Crippen LogP contribution in [0.3, 0.4) is 0 Å². The van der Waals surface area contributed by atoms with Gasteiger partial charge in [0.1, 0.15) is 11.5 Å². The van der Waals surface area contributed by atoms with Gasteiger partial charge >= 0.3 is 6.18 Å². The zero-order chi connectivity index (χ0) is 15.9. The van der Waals surface area contributed by atoms with Crippen LogP contribution in [0, 0.1) is 6.92 Å². The Morgan fingerprint density at radius 2 is 1.91 bits per heavy atom. The van der Waals surface area contributed by atoms with Crippen LogP contribution in [-0.2, 0) is 13.2 Å². The fourth-order valence-electron chi connectivity index (χ4n) is 2.19. The number of hydrogen-bond acceptors (Lipinski definition) is 4. The summed E-state index contributed by atoms with van der Waals surface area (Å²) in [5.41, 5.74) is -0.698. The molecule has 0 amide bonds. The van der Waals surface area contributed by atoms with Crippen LogP contribution in [0.25, 0.3) is 22.8 Å². The quantitative estimate of drug-likeness (QED) is 0.727. The van der Waals surface area contributed by atoms with E-state index in [1.54, 1.807) is 14.0 Å². The average molecular weight is 308 g/mol. The first kappa shape index (κ1) is 14.3. The Labute approximate surface area is 123 Å². The summed E-state index contributed by atoms with van der Waals surface area (Å²) < 4.78 is 45.7. The summed E-state index contributed by atoms with van der Waals surface area (Å²) in [6.07, 6.45) is -4.46. The number of aryl methyl sites for hydroxylation is 2. The van der Waals surface area contributed by atoms with E-state index in [2.05, 4.69) is 15.2 Å². The molecule has 0 aliphatic heterocycles. The molecule has 0 spiro atoms. The van der Waals surface area contributed by atoms with Gasteiger partial charge in [0.25, 0.3) is 0 Å². The number of nitrogens with zero attached hydrogens (tertiary/aromatic N) is 4. The smallest absolute Gasteiger partial charge is 0.352 e. The molecule has 0 aliphatic carbocycles. The molecular weight excluding hydrogens is 297 g/mol. The van der Waals surface area contributed by atoms with Crippen LogP contribution in [0.1, 0.15) is 11.4 Å². The summed E-state index contributed by atoms with van der Waals surface area (Å²) in [4.78, 5) is 4.15.